The topological polar surface area (TPSA) is 55.4 Å². The number of benzene rings is 1. The van der Waals surface area contributed by atoms with Crippen molar-refractivity contribution in [3.8, 4) is 5.69 Å². The second kappa shape index (κ2) is 6.33. The fourth-order valence-corrected chi connectivity index (χ4v) is 4.85. The van der Waals surface area contributed by atoms with Crippen LogP contribution in [-0.2, 0) is 6.54 Å². The summed E-state index contributed by atoms with van der Waals surface area (Å²) >= 11 is 3.03. The van der Waals surface area contributed by atoms with Crippen molar-refractivity contribution in [1.29, 1.82) is 0 Å². The Morgan fingerprint density at radius 1 is 1.26 bits per heavy atom. The minimum absolute atomic E-state index is 0.00515. The molecule has 0 aliphatic carbocycles. The Labute approximate surface area is 162 Å². The van der Waals surface area contributed by atoms with Crippen molar-refractivity contribution in [2.75, 3.05) is 7.05 Å². The summed E-state index contributed by atoms with van der Waals surface area (Å²) in [5.74, 6) is -0.00515. The summed E-state index contributed by atoms with van der Waals surface area (Å²) in [5, 5.41) is 6.39. The third-order valence-electron chi connectivity index (χ3n) is 4.37. The average Bonchev–Trinajstić information content (AvgIpc) is 3.43. The second-order valence-electron chi connectivity index (χ2n) is 6.26. The van der Waals surface area contributed by atoms with Gasteiger partial charge in [0.1, 0.15) is 4.83 Å². The smallest absolute Gasteiger partial charge is 0.264 e. The molecular weight excluding hydrogens is 378 g/mol. The van der Waals surface area contributed by atoms with Gasteiger partial charge in [0.05, 0.1) is 22.3 Å². The van der Waals surface area contributed by atoms with E-state index in [1.165, 1.54) is 11.3 Å². The molecule has 1 amide bonds. The van der Waals surface area contributed by atoms with Crippen molar-refractivity contribution in [2.24, 2.45) is 0 Å². The lowest BCUT2D eigenvalue weighted by Gasteiger charge is -2.14. The normalized spacial score (nSPS) is 11.4. The molecule has 134 valence electrons. The number of aromatic nitrogens is 4. The van der Waals surface area contributed by atoms with Crippen LogP contribution in [0.5, 0.6) is 0 Å². The Bertz CT molecular complexity index is 1250. The molecule has 0 unspecified atom stereocenters. The van der Waals surface area contributed by atoms with Gasteiger partial charge in [-0.05, 0) is 18.2 Å². The van der Waals surface area contributed by atoms with Gasteiger partial charge < -0.3 is 4.90 Å². The number of nitrogens with zero attached hydrogens (tertiary/aromatic N) is 5. The Kier molecular flexibility index (Phi) is 3.80. The molecule has 8 heteroatoms. The number of thiazole rings is 1. The number of carbonyl (C=O) groups is 1. The van der Waals surface area contributed by atoms with Crippen molar-refractivity contribution < 1.29 is 4.79 Å². The number of carbonyl (C=O) groups excluding carboxylic acids is 1. The van der Waals surface area contributed by atoms with E-state index in [0.29, 0.717) is 11.4 Å². The van der Waals surface area contributed by atoms with Gasteiger partial charge in [0.2, 0.25) is 0 Å². The van der Waals surface area contributed by atoms with Crippen LogP contribution < -0.4 is 0 Å². The molecule has 0 saturated heterocycles. The van der Waals surface area contributed by atoms with Gasteiger partial charge in [0.25, 0.3) is 5.91 Å². The third-order valence-corrected chi connectivity index (χ3v) is 6.14. The minimum Gasteiger partial charge on any atom is -0.337 e. The number of imidazole rings is 1. The maximum Gasteiger partial charge on any atom is 0.264 e. The predicted octanol–water partition coefficient (Wildman–Crippen LogP) is 4.07. The van der Waals surface area contributed by atoms with Crippen LogP contribution in [0.2, 0.25) is 0 Å². The van der Waals surface area contributed by atoms with E-state index in [0.717, 1.165) is 26.6 Å². The maximum atomic E-state index is 12.8. The zero-order valence-electron chi connectivity index (χ0n) is 14.4. The highest BCUT2D eigenvalue weighted by Crippen LogP contribution is 2.29. The number of amides is 1. The predicted molar refractivity (Wildman–Crippen MR) is 108 cm³/mol. The molecule has 0 atom stereocenters. The molecule has 0 aliphatic heterocycles. The summed E-state index contributed by atoms with van der Waals surface area (Å²) in [6.45, 7) is 0.502. The Balaban J connectivity index is 1.36. The van der Waals surface area contributed by atoms with Crippen LogP contribution in [0.1, 0.15) is 15.2 Å². The monoisotopic (exact) mass is 393 g/mol. The number of thiophene rings is 1. The third kappa shape index (κ3) is 2.83. The van der Waals surface area contributed by atoms with Gasteiger partial charge in [-0.2, -0.15) is 5.10 Å². The molecule has 4 heterocycles. The molecule has 0 spiro atoms. The van der Waals surface area contributed by atoms with Crippen molar-refractivity contribution in [3.05, 3.63) is 70.8 Å². The van der Waals surface area contributed by atoms with E-state index >= 15 is 0 Å². The Hall–Kier alpha value is -2.97. The van der Waals surface area contributed by atoms with Crippen LogP contribution in [0.4, 0.5) is 0 Å². The molecule has 0 saturated carbocycles. The largest absolute Gasteiger partial charge is 0.337 e. The van der Waals surface area contributed by atoms with Gasteiger partial charge in [0, 0.05) is 36.9 Å². The lowest BCUT2D eigenvalue weighted by Crippen LogP contribution is -2.25. The van der Waals surface area contributed by atoms with E-state index in [9.17, 15) is 4.79 Å². The number of fused-ring (bicyclic) bond motifs is 3. The second-order valence-corrected chi connectivity index (χ2v) is 8.16. The molecule has 0 fully saturated rings. The van der Waals surface area contributed by atoms with Crippen LogP contribution >= 0.6 is 22.7 Å². The van der Waals surface area contributed by atoms with E-state index in [4.69, 9.17) is 0 Å². The quantitative estimate of drug-likeness (QED) is 0.463. The first kappa shape index (κ1) is 16.2. The Morgan fingerprint density at radius 3 is 2.96 bits per heavy atom. The van der Waals surface area contributed by atoms with Crippen LogP contribution in [0.15, 0.2) is 60.4 Å². The fraction of sp³-hybridized carbons (Fsp3) is 0.105. The molecule has 27 heavy (non-hydrogen) atoms. The van der Waals surface area contributed by atoms with E-state index in [2.05, 4.69) is 10.1 Å². The zero-order valence-corrected chi connectivity index (χ0v) is 16.1. The van der Waals surface area contributed by atoms with Crippen molar-refractivity contribution in [3.63, 3.8) is 0 Å². The molecule has 0 radical (unpaired) electrons. The lowest BCUT2D eigenvalue weighted by molar-refractivity contribution is 0.0790. The lowest BCUT2D eigenvalue weighted by atomic mass is 10.3. The van der Waals surface area contributed by atoms with Gasteiger partial charge >= 0.3 is 0 Å². The van der Waals surface area contributed by atoms with Crippen LogP contribution in [0.25, 0.3) is 21.0 Å². The highest BCUT2D eigenvalue weighted by Gasteiger charge is 2.18. The van der Waals surface area contributed by atoms with Gasteiger partial charge in [-0.1, -0.05) is 18.2 Å². The molecule has 0 N–H and O–H groups in total. The van der Waals surface area contributed by atoms with Crippen LogP contribution in [-0.4, -0.2) is 37.0 Å². The average molecular weight is 393 g/mol. The molecule has 6 nitrogen and oxygen atoms in total. The van der Waals surface area contributed by atoms with Crippen molar-refractivity contribution in [2.45, 2.75) is 6.54 Å². The van der Waals surface area contributed by atoms with Gasteiger partial charge in [-0.15, -0.1) is 22.7 Å². The number of hydrogen-bond donors (Lipinski definition) is 0. The summed E-state index contributed by atoms with van der Waals surface area (Å²) in [6, 6.07) is 11.9. The summed E-state index contributed by atoms with van der Waals surface area (Å²) in [6.07, 6.45) is 5.74. The van der Waals surface area contributed by atoms with Crippen LogP contribution in [0.3, 0.4) is 0 Å². The van der Waals surface area contributed by atoms with Crippen molar-refractivity contribution in [1.82, 2.24) is 24.1 Å². The van der Waals surface area contributed by atoms with E-state index < -0.39 is 0 Å². The molecule has 5 aromatic rings. The molecular formula is C19H15N5OS2. The van der Waals surface area contributed by atoms with E-state index in [1.54, 1.807) is 22.4 Å². The van der Waals surface area contributed by atoms with Gasteiger partial charge in [0.15, 0.2) is 4.96 Å². The highest BCUT2D eigenvalue weighted by atomic mass is 32.1. The Morgan fingerprint density at radius 2 is 2.11 bits per heavy atom. The number of rotatable bonds is 4. The van der Waals surface area contributed by atoms with Crippen molar-refractivity contribution >= 4 is 43.9 Å². The van der Waals surface area contributed by atoms with Gasteiger partial charge in [-0.3, -0.25) is 9.20 Å². The first-order valence-electron chi connectivity index (χ1n) is 8.38. The highest BCUT2D eigenvalue weighted by molar-refractivity contribution is 7.21. The summed E-state index contributed by atoms with van der Waals surface area (Å²) < 4.78 is 3.85. The maximum absolute atomic E-state index is 12.8. The first-order chi connectivity index (χ1) is 13.2. The SMILES string of the molecule is CN(Cc1cnn(-c2ccccc2)c1)C(=O)c1cc2c(nc3sccn32)s1. The first-order valence-corrected chi connectivity index (χ1v) is 10.1. The van der Waals surface area contributed by atoms with Gasteiger partial charge in [-0.25, -0.2) is 9.67 Å². The minimum atomic E-state index is -0.00515. The fourth-order valence-electron chi connectivity index (χ4n) is 3.05. The summed E-state index contributed by atoms with van der Waals surface area (Å²) in [4.78, 5) is 21.7. The molecule has 4 aromatic heterocycles. The summed E-state index contributed by atoms with van der Waals surface area (Å²) in [5.41, 5.74) is 2.97. The zero-order chi connectivity index (χ0) is 18.4. The molecule has 0 bridgehead atoms. The van der Waals surface area contributed by atoms with Crippen LogP contribution in [0, 0.1) is 0 Å². The number of hydrogen-bond acceptors (Lipinski definition) is 5. The standard InChI is InChI=1S/C19H15N5OS2/c1-22(11-13-10-20-24(12-13)14-5-3-2-4-6-14)18(25)16-9-15-17(27-16)21-19-23(15)7-8-26-19/h2-10,12H,11H2,1H3. The van der Waals surface area contributed by atoms with E-state index in [1.807, 2.05) is 70.3 Å². The number of para-hydroxylation sites is 1. The molecule has 5 rings (SSSR count). The molecule has 1 aromatic carbocycles. The summed E-state index contributed by atoms with van der Waals surface area (Å²) in [7, 11) is 1.81. The van der Waals surface area contributed by atoms with E-state index in [-0.39, 0.29) is 5.91 Å². The molecule has 0 aliphatic rings.